The van der Waals surface area contributed by atoms with Crippen LogP contribution in [-0.4, -0.2) is 17.6 Å². The van der Waals surface area contributed by atoms with Gasteiger partial charge in [-0.05, 0) is 6.07 Å². The van der Waals surface area contributed by atoms with Gasteiger partial charge in [-0.3, -0.25) is 4.79 Å². The summed E-state index contributed by atoms with van der Waals surface area (Å²) in [6, 6.07) is 0.589. The Bertz CT molecular complexity index is 449. The summed E-state index contributed by atoms with van der Waals surface area (Å²) in [6.07, 6.45) is -8.07. The van der Waals surface area contributed by atoms with Crippen molar-refractivity contribution in [1.82, 2.24) is 4.98 Å². The Kier molecular flexibility index (Phi) is 4.60. The van der Waals surface area contributed by atoms with E-state index in [9.17, 15) is 26.7 Å². The molecule has 0 aliphatic carbocycles. The molecule has 0 N–H and O–H groups in total. The number of carbonyl (C=O) groups excluding carboxylic acids is 1. The van der Waals surface area contributed by atoms with Gasteiger partial charge in [0.05, 0.1) is 5.69 Å². The number of alkyl halides is 6. The quantitative estimate of drug-likeness (QED) is 0.480. The van der Waals surface area contributed by atoms with Crippen molar-refractivity contribution >= 4 is 22.2 Å². The molecule has 0 unspecified atom stereocenters. The molecule has 100 valence electrons. The minimum absolute atomic E-state index is 0.00423. The van der Waals surface area contributed by atoms with Crippen molar-refractivity contribution in [1.29, 1.82) is 0 Å². The zero-order valence-corrected chi connectivity index (χ0v) is 10.1. The van der Waals surface area contributed by atoms with Gasteiger partial charge in [-0.25, -0.2) is 13.8 Å². The molecule has 0 saturated carbocycles. The van der Waals surface area contributed by atoms with Crippen LogP contribution < -0.4 is 4.74 Å². The average Bonchev–Trinajstić information content (AvgIpc) is 2.25. The largest absolute Gasteiger partial charge is 0.573 e. The van der Waals surface area contributed by atoms with E-state index in [1.165, 1.54) is 0 Å². The number of rotatable bonds is 4. The van der Waals surface area contributed by atoms with Gasteiger partial charge in [0.15, 0.2) is 12.0 Å². The molecule has 0 radical (unpaired) electrons. The number of ether oxygens (including phenoxy) is 1. The summed E-state index contributed by atoms with van der Waals surface area (Å²) in [7, 11) is 0. The number of halogens is 6. The van der Waals surface area contributed by atoms with E-state index in [1.807, 2.05) is 0 Å². The van der Waals surface area contributed by atoms with Crippen LogP contribution in [0.25, 0.3) is 0 Å². The fourth-order valence-electron chi connectivity index (χ4n) is 1.14. The molecule has 0 aliphatic heterocycles. The molecule has 1 rings (SSSR count). The maximum atomic E-state index is 12.5. The molecule has 0 fully saturated rings. The molecule has 1 aromatic rings. The molecule has 0 saturated heterocycles. The van der Waals surface area contributed by atoms with Crippen molar-refractivity contribution in [2.24, 2.45) is 0 Å². The number of nitrogens with zero attached hydrogens (tertiary/aromatic N) is 1. The zero-order valence-electron chi connectivity index (χ0n) is 8.47. The van der Waals surface area contributed by atoms with Gasteiger partial charge in [0, 0.05) is 10.9 Å². The second-order valence-electron chi connectivity index (χ2n) is 3.01. The van der Waals surface area contributed by atoms with Gasteiger partial charge >= 0.3 is 6.36 Å². The third kappa shape index (κ3) is 3.62. The maximum Gasteiger partial charge on any atom is 0.573 e. The Morgan fingerprint density at radius 1 is 1.44 bits per heavy atom. The van der Waals surface area contributed by atoms with Crippen LogP contribution in [0.15, 0.2) is 6.07 Å². The van der Waals surface area contributed by atoms with Crippen molar-refractivity contribution in [3.05, 3.63) is 23.0 Å². The summed E-state index contributed by atoms with van der Waals surface area (Å²) in [5, 5.41) is -0.225. The normalized spacial score (nSPS) is 11.7. The smallest absolute Gasteiger partial charge is 0.404 e. The van der Waals surface area contributed by atoms with Gasteiger partial charge in [-0.15, -0.1) is 13.2 Å². The van der Waals surface area contributed by atoms with Crippen LogP contribution in [0, 0.1) is 0 Å². The number of aldehydes is 1. The molecule has 0 aliphatic rings. The van der Waals surface area contributed by atoms with E-state index in [2.05, 4.69) is 25.7 Å². The Balaban J connectivity index is 3.30. The first kappa shape index (κ1) is 14.8. The Labute approximate surface area is 106 Å². The molecular weight excluding hydrogens is 329 g/mol. The number of pyridine rings is 1. The molecule has 9 heteroatoms. The van der Waals surface area contributed by atoms with E-state index >= 15 is 0 Å². The van der Waals surface area contributed by atoms with Crippen LogP contribution in [-0.2, 0) is 5.33 Å². The SMILES string of the molecule is O=Cc1cc(OC(F)(F)F)c(CBr)nc1C(F)F. The highest BCUT2D eigenvalue weighted by molar-refractivity contribution is 9.08. The monoisotopic (exact) mass is 333 g/mol. The van der Waals surface area contributed by atoms with Gasteiger partial charge in [0.25, 0.3) is 6.43 Å². The molecule has 1 heterocycles. The van der Waals surface area contributed by atoms with E-state index in [0.29, 0.717) is 6.07 Å². The Hall–Kier alpha value is -1.25. The summed E-state index contributed by atoms with van der Waals surface area (Å²) >= 11 is 2.80. The van der Waals surface area contributed by atoms with Crippen molar-refractivity contribution in [2.75, 3.05) is 0 Å². The summed E-state index contributed by atoms with van der Waals surface area (Å²) in [5.41, 5.74) is -1.89. The first-order valence-electron chi connectivity index (χ1n) is 4.37. The third-order valence-electron chi connectivity index (χ3n) is 1.81. The first-order valence-corrected chi connectivity index (χ1v) is 5.49. The number of hydrogen-bond acceptors (Lipinski definition) is 3. The van der Waals surface area contributed by atoms with Crippen LogP contribution in [0.1, 0.15) is 28.2 Å². The predicted molar refractivity (Wildman–Crippen MR) is 53.9 cm³/mol. The minimum atomic E-state index is -4.99. The molecule has 0 bridgehead atoms. The lowest BCUT2D eigenvalue weighted by Gasteiger charge is -2.13. The van der Waals surface area contributed by atoms with Crippen molar-refractivity contribution < 1.29 is 31.5 Å². The second kappa shape index (κ2) is 5.59. The van der Waals surface area contributed by atoms with Crippen LogP contribution >= 0.6 is 15.9 Å². The topological polar surface area (TPSA) is 39.2 Å². The Morgan fingerprint density at radius 3 is 2.44 bits per heavy atom. The van der Waals surface area contributed by atoms with Gasteiger partial charge in [-0.1, -0.05) is 15.9 Å². The molecular formula is C9H5BrF5NO2. The van der Waals surface area contributed by atoms with E-state index in [-0.39, 0.29) is 17.3 Å². The molecule has 0 aromatic carbocycles. The lowest BCUT2D eigenvalue weighted by Crippen LogP contribution is -2.19. The molecule has 0 atom stereocenters. The minimum Gasteiger partial charge on any atom is -0.404 e. The molecule has 18 heavy (non-hydrogen) atoms. The van der Waals surface area contributed by atoms with E-state index in [4.69, 9.17) is 0 Å². The van der Waals surface area contributed by atoms with Crippen LogP contribution in [0.5, 0.6) is 5.75 Å². The van der Waals surface area contributed by atoms with Gasteiger partial charge in [-0.2, -0.15) is 0 Å². The van der Waals surface area contributed by atoms with Crippen molar-refractivity contribution in [3.63, 3.8) is 0 Å². The fraction of sp³-hybridized carbons (Fsp3) is 0.333. The lowest BCUT2D eigenvalue weighted by atomic mass is 10.2. The highest BCUT2D eigenvalue weighted by atomic mass is 79.9. The van der Waals surface area contributed by atoms with Crippen LogP contribution in [0.3, 0.4) is 0 Å². The van der Waals surface area contributed by atoms with Gasteiger partial charge in [0.1, 0.15) is 5.69 Å². The Morgan fingerprint density at radius 2 is 2.06 bits per heavy atom. The van der Waals surface area contributed by atoms with Crippen molar-refractivity contribution in [2.45, 2.75) is 18.1 Å². The van der Waals surface area contributed by atoms with E-state index in [1.54, 1.807) is 0 Å². The molecule has 3 nitrogen and oxygen atoms in total. The second-order valence-corrected chi connectivity index (χ2v) is 3.57. The summed E-state index contributed by atoms with van der Waals surface area (Å²) in [6.45, 7) is 0. The average molecular weight is 334 g/mol. The summed E-state index contributed by atoms with van der Waals surface area (Å²) < 4.78 is 64.8. The van der Waals surface area contributed by atoms with Gasteiger partial charge in [0.2, 0.25) is 0 Å². The fourth-order valence-corrected chi connectivity index (χ4v) is 1.54. The van der Waals surface area contributed by atoms with Crippen LogP contribution in [0.4, 0.5) is 22.0 Å². The number of carbonyl (C=O) groups is 1. The number of aromatic nitrogens is 1. The molecule has 1 aromatic heterocycles. The van der Waals surface area contributed by atoms with Crippen molar-refractivity contribution in [3.8, 4) is 5.75 Å². The summed E-state index contributed by atoms with van der Waals surface area (Å²) in [4.78, 5) is 13.8. The summed E-state index contributed by atoms with van der Waals surface area (Å²) in [5.74, 6) is -0.786. The van der Waals surface area contributed by atoms with E-state index < -0.39 is 29.8 Å². The van der Waals surface area contributed by atoms with Crippen LogP contribution in [0.2, 0.25) is 0 Å². The highest BCUT2D eigenvalue weighted by Crippen LogP contribution is 2.31. The highest BCUT2D eigenvalue weighted by Gasteiger charge is 2.33. The third-order valence-corrected chi connectivity index (χ3v) is 2.34. The molecule has 0 amide bonds. The standard InChI is InChI=1S/C9H5BrF5NO2/c10-2-5-6(18-9(13,14)15)1-4(3-17)7(16-5)8(11)12/h1,3,8H,2H2. The predicted octanol–water partition coefficient (Wildman–Crippen LogP) is 3.63. The zero-order chi connectivity index (χ0) is 13.9. The lowest BCUT2D eigenvalue weighted by molar-refractivity contribution is -0.275. The molecule has 0 spiro atoms. The van der Waals surface area contributed by atoms with Gasteiger partial charge < -0.3 is 4.74 Å². The maximum absolute atomic E-state index is 12.5. The number of hydrogen-bond donors (Lipinski definition) is 0. The first-order chi connectivity index (χ1) is 8.28. The van der Waals surface area contributed by atoms with E-state index in [0.717, 1.165) is 0 Å².